The number of hydrogen-bond donors (Lipinski definition) is 1. The molecule has 0 bridgehead atoms. The maximum Gasteiger partial charge on any atom is 0.261 e. The van der Waals surface area contributed by atoms with Gasteiger partial charge in [-0.15, -0.1) is 0 Å². The van der Waals surface area contributed by atoms with Crippen LogP contribution < -0.4 is 9.03 Å². The van der Waals surface area contributed by atoms with Gasteiger partial charge in [0.2, 0.25) is 15.9 Å². The van der Waals surface area contributed by atoms with E-state index in [1.807, 2.05) is 0 Å². The lowest BCUT2D eigenvalue weighted by Crippen LogP contribution is -2.30. The van der Waals surface area contributed by atoms with Crippen LogP contribution in [0.2, 0.25) is 5.02 Å². The molecule has 2 aromatic carbocycles. The van der Waals surface area contributed by atoms with Gasteiger partial charge in [-0.25, -0.2) is 21.1 Å². The second kappa shape index (κ2) is 6.57. The van der Waals surface area contributed by atoms with Crippen LogP contribution in [0.1, 0.15) is 6.92 Å². The van der Waals surface area contributed by atoms with Crippen LogP contribution in [0.15, 0.2) is 53.4 Å². The van der Waals surface area contributed by atoms with E-state index < -0.39 is 31.9 Å². The van der Waals surface area contributed by atoms with Crippen molar-refractivity contribution in [1.82, 2.24) is 0 Å². The van der Waals surface area contributed by atoms with Gasteiger partial charge in [-0.1, -0.05) is 18.5 Å². The minimum atomic E-state index is -3.87. The third-order valence-corrected chi connectivity index (χ3v) is 7.36. The number of benzene rings is 2. The average Bonchev–Trinajstić information content (AvgIpc) is 2.77. The molecule has 1 heterocycles. The molecule has 26 heavy (non-hydrogen) atoms. The topological polar surface area (TPSA) is 101 Å². The normalized spacial score (nSPS) is 19.5. The van der Waals surface area contributed by atoms with E-state index in [1.165, 1.54) is 43.3 Å². The van der Waals surface area contributed by atoms with Crippen LogP contribution in [0.25, 0.3) is 0 Å². The van der Waals surface area contributed by atoms with Crippen molar-refractivity contribution in [2.75, 3.05) is 14.8 Å². The van der Waals surface area contributed by atoms with Gasteiger partial charge in [0.05, 0.1) is 22.3 Å². The van der Waals surface area contributed by atoms with Gasteiger partial charge in [0.1, 0.15) is 0 Å². The highest BCUT2D eigenvalue weighted by Gasteiger charge is 2.41. The Hall–Kier alpha value is -2.10. The zero-order valence-electron chi connectivity index (χ0n) is 13.6. The number of carbonyl (C=O) groups is 1. The van der Waals surface area contributed by atoms with Crippen LogP contribution in [0.4, 0.5) is 11.4 Å². The molecule has 1 aliphatic rings. The molecule has 0 spiro atoms. The number of amides is 1. The van der Waals surface area contributed by atoms with E-state index in [2.05, 4.69) is 4.72 Å². The van der Waals surface area contributed by atoms with Crippen LogP contribution >= 0.6 is 11.6 Å². The van der Waals surface area contributed by atoms with Crippen molar-refractivity contribution in [2.24, 2.45) is 5.92 Å². The summed E-state index contributed by atoms with van der Waals surface area (Å²) in [6, 6.07) is 11.2. The van der Waals surface area contributed by atoms with Gasteiger partial charge in [0, 0.05) is 10.7 Å². The molecule has 3 rings (SSSR count). The van der Waals surface area contributed by atoms with E-state index >= 15 is 0 Å². The number of carbonyl (C=O) groups excluding carboxylic acids is 1. The molecule has 7 nitrogen and oxygen atoms in total. The van der Waals surface area contributed by atoms with Gasteiger partial charge in [0.25, 0.3) is 10.0 Å². The molecule has 1 atom stereocenters. The first kappa shape index (κ1) is 18.7. The fourth-order valence-electron chi connectivity index (χ4n) is 2.58. The van der Waals surface area contributed by atoms with Gasteiger partial charge in [-0.2, -0.15) is 0 Å². The molecule has 10 heteroatoms. The third-order valence-electron chi connectivity index (χ3n) is 3.84. The Morgan fingerprint density at radius 1 is 1.08 bits per heavy atom. The second-order valence-corrected chi connectivity index (χ2v) is 9.87. The Labute approximate surface area is 156 Å². The molecule has 138 valence electrons. The average molecular weight is 415 g/mol. The van der Waals surface area contributed by atoms with Gasteiger partial charge in [-0.05, 0) is 48.5 Å². The molecule has 2 aromatic rings. The predicted octanol–water partition coefficient (Wildman–Crippen LogP) is 2.45. The molecule has 1 saturated heterocycles. The number of halogens is 1. The van der Waals surface area contributed by atoms with E-state index in [9.17, 15) is 21.6 Å². The minimum Gasteiger partial charge on any atom is -0.280 e. The largest absolute Gasteiger partial charge is 0.280 e. The van der Waals surface area contributed by atoms with E-state index in [0.717, 1.165) is 4.31 Å². The molecule has 1 aliphatic heterocycles. The summed E-state index contributed by atoms with van der Waals surface area (Å²) in [6.07, 6.45) is 0. The second-order valence-electron chi connectivity index (χ2n) is 5.89. The summed E-state index contributed by atoms with van der Waals surface area (Å²) in [5.74, 6) is -1.42. The lowest BCUT2D eigenvalue weighted by Gasteiger charge is -2.16. The highest BCUT2D eigenvalue weighted by atomic mass is 35.5. The molecule has 0 unspecified atom stereocenters. The lowest BCUT2D eigenvalue weighted by atomic mass is 10.2. The molecule has 1 amide bonds. The number of anilines is 2. The Kier molecular flexibility index (Phi) is 4.72. The Balaban J connectivity index is 1.87. The summed E-state index contributed by atoms with van der Waals surface area (Å²) < 4.78 is 52.2. The van der Waals surface area contributed by atoms with Gasteiger partial charge >= 0.3 is 0 Å². The number of hydrogen-bond acceptors (Lipinski definition) is 5. The van der Waals surface area contributed by atoms with Crippen molar-refractivity contribution in [1.29, 1.82) is 0 Å². The quantitative estimate of drug-likeness (QED) is 0.828. The van der Waals surface area contributed by atoms with Gasteiger partial charge in [0.15, 0.2) is 0 Å². The Bertz CT molecular complexity index is 1050. The van der Waals surface area contributed by atoms with Crippen LogP contribution in [0, 0.1) is 5.92 Å². The van der Waals surface area contributed by atoms with Crippen molar-refractivity contribution in [3.63, 3.8) is 0 Å². The van der Waals surface area contributed by atoms with Crippen molar-refractivity contribution in [2.45, 2.75) is 11.8 Å². The number of sulfonamides is 2. The third kappa shape index (κ3) is 3.55. The summed E-state index contributed by atoms with van der Waals surface area (Å²) >= 11 is 5.77. The number of nitrogens with one attached hydrogen (secondary N) is 1. The Morgan fingerprint density at radius 3 is 2.15 bits per heavy atom. The minimum absolute atomic E-state index is 0.0618. The molecule has 1 fully saturated rings. The molecule has 1 N–H and O–H groups in total. The maximum absolute atomic E-state index is 12.4. The van der Waals surface area contributed by atoms with Crippen molar-refractivity contribution < 1.29 is 21.6 Å². The zero-order valence-corrected chi connectivity index (χ0v) is 16.0. The number of nitrogens with zero attached hydrogens (tertiary/aromatic N) is 1. The molecular formula is C16H15ClN2O5S2. The van der Waals surface area contributed by atoms with Crippen molar-refractivity contribution >= 4 is 48.9 Å². The Morgan fingerprint density at radius 2 is 1.65 bits per heavy atom. The summed E-state index contributed by atoms with van der Waals surface area (Å²) in [6.45, 7) is 1.54. The summed E-state index contributed by atoms with van der Waals surface area (Å²) in [7, 11) is -7.60. The number of rotatable bonds is 4. The van der Waals surface area contributed by atoms with Crippen LogP contribution in [0.5, 0.6) is 0 Å². The predicted molar refractivity (Wildman–Crippen MR) is 99.1 cm³/mol. The standard InChI is InChI=1S/C16H15ClN2O5S2/c1-11-10-25(21,22)19(16(11)20)14-6-8-15(9-7-14)26(23,24)18-13-4-2-12(17)3-5-13/h2-9,11,18H,10H2,1H3/t11-/m0/s1. The summed E-state index contributed by atoms with van der Waals surface area (Å²) in [5.41, 5.74) is 0.453. The highest BCUT2D eigenvalue weighted by Crippen LogP contribution is 2.29. The van der Waals surface area contributed by atoms with E-state index in [0.29, 0.717) is 10.7 Å². The van der Waals surface area contributed by atoms with Crippen LogP contribution in [-0.2, 0) is 24.8 Å². The van der Waals surface area contributed by atoms with Gasteiger partial charge in [-0.3, -0.25) is 9.52 Å². The SMILES string of the molecule is C[C@H]1CS(=O)(=O)N(c2ccc(S(=O)(=O)Nc3ccc(Cl)cc3)cc2)C1=O. The van der Waals surface area contributed by atoms with E-state index in [1.54, 1.807) is 12.1 Å². The molecule has 0 saturated carbocycles. The zero-order chi connectivity index (χ0) is 19.1. The maximum atomic E-state index is 12.4. The van der Waals surface area contributed by atoms with Crippen LogP contribution in [0.3, 0.4) is 0 Å². The first-order valence-corrected chi connectivity index (χ1v) is 11.0. The molecular weight excluding hydrogens is 400 g/mol. The smallest absolute Gasteiger partial charge is 0.261 e. The van der Waals surface area contributed by atoms with E-state index in [4.69, 9.17) is 11.6 Å². The summed E-state index contributed by atoms with van der Waals surface area (Å²) in [5, 5.41) is 0.475. The summed E-state index contributed by atoms with van der Waals surface area (Å²) in [4.78, 5) is 12.0. The highest BCUT2D eigenvalue weighted by molar-refractivity contribution is 7.94. The molecule has 0 aliphatic carbocycles. The lowest BCUT2D eigenvalue weighted by molar-refractivity contribution is -0.119. The first-order chi connectivity index (χ1) is 12.1. The monoisotopic (exact) mass is 414 g/mol. The van der Waals surface area contributed by atoms with Crippen LogP contribution in [-0.4, -0.2) is 28.5 Å². The first-order valence-electron chi connectivity index (χ1n) is 7.55. The van der Waals surface area contributed by atoms with E-state index in [-0.39, 0.29) is 16.3 Å². The van der Waals surface area contributed by atoms with Crippen molar-refractivity contribution in [3.8, 4) is 0 Å². The van der Waals surface area contributed by atoms with Gasteiger partial charge < -0.3 is 0 Å². The fraction of sp³-hybridized carbons (Fsp3) is 0.188. The fourth-order valence-corrected chi connectivity index (χ4v) is 5.58. The van der Waals surface area contributed by atoms with Crippen molar-refractivity contribution in [3.05, 3.63) is 53.6 Å². The molecule has 0 radical (unpaired) electrons. The molecule has 0 aromatic heterocycles.